The Balaban J connectivity index is 3.18. The molecule has 0 saturated heterocycles. The molecule has 0 saturated carbocycles. The van der Waals surface area contributed by atoms with Crippen molar-refractivity contribution in [3.63, 3.8) is 0 Å². The van der Waals surface area contributed by atoms with Gasteiger partial charge in [-0.15, -0.1) is 0 Å². The van der Waals surface area contributed by atoms with E-state index in [1.807, 2.05) is 5.43 Å². The van der Waals surface area contributed by atoms with E-state index in [-0.39, 0.29) is 31.5 Å². The molecule has 7 nitrogen and oxygen atoms in total. The van der Waals surface area contributed by atoms with E-state index >= 15 is 0 Å². The monoisotopic (exact) mass is 420 g/mol. The SMILES string of the molecule is C=C(/C=C(\C(=O)NN)C(C)C)S(=O)c1c(Cl)cc(OCC(=O)O)cc1Cl. The molecule has 0 spiro atoms. The number of carboxylic acids is 1. The van der Waals surface area contributed by atoms with Gasteiger partial charge in [0, 0.05) is 22.6 Å². The van der Waals surface area contributed by atoms with E-state index in [1.54, 1.807) is 13.8 Å². The van der Waals surface area contributed by atoms with Gasteiger partial charge in [0.2, 0.25) is 0 Å². The summed E-state index contributed by atoms with van der Waals surface area (Å²) < 4.78 is 17.7. The molecule has 1 aromatic rings. The predicted octanol–water partition coefficient (Wildman–Crippen LogP) is 2.65. The van der Waals surface area contributed by atoms with E-state index in [0.717, 1.165) is 0 Å². The minimum atomic E-state index is -1.86. The van der Waals surface area contributed by atoms with Crippen molar-refractivity contribution in [3.05, 3.63) is 45.3 Å². The second kappa shape index (κ2) is 9.72. The molecule has 1 atom stereocenters. The van der Waals surface area contributed by atoms with Crippen molar-refractivity contribution >= 4 is 45.9 Å². The van der Waals surface area contributed by atoms with E-state index in [9.17, 15) is 13.8 Å². The zero-order valence-electron chi connectivity index (χ0n) is 14.0. The number of carbonyl (C=O) groups is 2. The first kappa shape index (κ1) is 22.2. The molecule has 26 heavy (non-hydrogen) atoms. The van der Waals surface area contributed by atoms with Gasteiger partial charge in [-0.25, -0.2) is 14.8 Å². The summed E-state index contributed by atoms with van der Waals surface area (Å²) in [6.07, 6.45) is 1.37. The van der Waals surface area contributed by atoms with Crippen molar-refractivity contribution in [2.45, 2.75) is 18.7 Å². The maximum atomic E-state index is 12.7. The van der Waals surface area contributed by atoms with E-state index < -0.39 is 29.3 Å². The fraction of sp³-hybridized carbons (Fsp3) is 0.250. The summed E-state index contributed by atoms with van der Waals surface area (Å²) >= 11 is 12.2. The Morgan fingerprint density at radius 1 is 1.38 bits per heavy atom. The average molecular weight is 421 g/mol. The lowest BCUT2D eigenvalue weighted by Crippen LogP contribution is -2.33. The van der Waals surface area contributed by atoms with Gasteiger partial charge in [-0.05, 0) is 12.0 Å². The number of rotatable bonds is 8. The molecule has 0 aliphatic heterocycles. The summed E-state index contributed by atoms with van der Waals surface area (Å²) in [6, 6.07) is 2.60. The first-order valence-corrected chi connectivity index (χ1v) is 9.15. The molecule has 1 amide bonds. The van der Waals surface area contributed by atoms with Gasteiger partial charge >= 0.3 is 5.97 Å². The van der Waals surface area contributed by atoms with Gasteiger partial charge in [-0.3, -0.25) is 10.2 Å². The summed E-state index contributed by atoms with van der Waals surface area (Å²) in [6.45, 7) is 6.68. The van der Waals surface area contributed by atoms with Gasteiger partial charge in [-0.1, -0.05) is 43.6 Å². The second-order valence-corrected chi connectivity index (χ2v) is 7.65. The zero-order chi connectivity index (χ0) is 20.0. The van der Waals surface area contributed by atoms with Crippen LogP contribution in [0.5, 0.6) is 5.75 Å². The van der Waals surface area contributed by atoms with Crippen LogP contribution in [0.15, 0.2) is 40.2 Å². The smallest absolute Gasteiger partial charge is 0.341 e. The molecular weight excluding hydrogens is 403 g/mol. The van der Waals surface area contributed by atoms with E-state index in [4.69, 9.17) is 38.9 Å². The molecule has 0 aliphatic carbocycles. The van der Waals surface area contributed by atoms with Gasteiger partial charge in [0.25, 0.3) is 5.91 Å². The lowest BCUT2D eigenvalue weighted by atomic mass is 10.0. The Bertz CT molecular complexity index is 770. The van der Waals surface area contributed by atoms with Gasteiger partial charge in [0.1, 0.15) is 5.75 Å². The van der Waals surface area contributed by atoms with Crippen LogP contribution in [0.3, 0.4) is 0 Å². The summed E-state index contributed by atoms with van der Waals surface area (Å²) in [4.78, 5) is 22.5. The van der Waals surface area contributed by atoms with Gasteiger partial charge in [-0.2, -0.15) is 0 Å². The molecule has 0 fully saturated rings. The summed E-state index contributed by atoms with van der Waals surface area (Å²) in [5.74, 6) is 3.39. The van der Waals surface area contributed by atoms with Crippen LogP contribution in [0.4, 0.5) is 0 Å². The summed E-state index contributed by atoms with van der Waals surface area (Å²) in [5.41, 5.74) is 2.31. The molecule has 1 aromatic carbocycles. The first-order chi connectivity index (χ1) is 12.1. The number of carbonyl (C=O) groups excluding carboxylic acids is 1. The molecule has 1 rings (SSSR count). The molecule has 0 heterocycles. The molecule has 0 aliphatic rings. The third kappa shape index (κ3) is 5.84. The van der Waals surface area contributed by atoms with Crippen LogP contribution in [0.1, 0.15) is 13.8 Å². The predicted molar refractivity (Wildman–Crippen MR) is 100 cm³/mol. The van der Waals surface area contributed by atoms with Crippen molar-refractivity contribution in [2.24, 2.45) is 11.8 Å². The molecule has 4 N–H and O–H groups in total. The second-order valence-electron chi connectivity index (χ2n) is 5.36. The van der Waals surface area contributed by atoms with E-state index in [2.05, 4.69) is 6.58 Å². The highest BCUT2D eigenvalue weighted by molar-refractivity contribution is 7.89. The lowest BCUT2D eigenvalue weighted by Gasteiger charge is -2.13. The van der Waals surface area contributed by atoms with Crippen molar-refractivity contribution in [3.8, 4) is 5.75 Å². The average Bonchev–Trinajstić information content (AvgIpc) is 2.55. The number of ether oxygens (including phenoxy) is 1. The fourth-order valence-corrected chi connectivity index (χ4v) is 3.73. The van der Waals surface area contributed by atoms with Crippen molar-refractivity contribution in [1.29, 1.82) is 0 Å². The van der Waals surface area contributed by atoms with Gasteiger partial charge in [0.15, 0.2) is 6.61 Å². The first-order valence-electron chi connectivity index (χ1n) is 7.25. The number of allylic oxidation sites excluding steroid dienone is 1. The number of hydrogen-bond donors (Lipinski definition) is 3. The minimum absolute atomic E-state index is 0.0140. The standard InChI is InChI=1S/C16H18Cl2N2O5S/c1-8(2)11(16(23)20-19)4-9(3)26(24)15-12(17)5-10(6-13(15)18)25-7-14(21)22/h4-6,8H,3,7,19H2,1-2H3,(H,20,23)(H,21,22)/b11-4-. The topological polar surface area (TPSA) is 119 Å². The molecule has 142 valence electrons. The molecule has 0 bridgehead atoms. The number of amides is 1. The van der Waals surface area contributed by atoms with E-state index in [0.29, 0.717) is 5.57 Å². The lowest BCUT2D eigenvalue weighted by molar-refractivity contribution is -0.139. The van der Waals surface area contributed by atoms with Crippen LogP contribution >= 0.6 is 23.2 Å². The third-order valence-corrected chi connectivity index (χ3v) is 5.31. The number of nitrogens with one attached hydrogen (secondary N) is 1. The Hall–Kier alpha value is -1.87. The number of carboxylic acid groups (broad SMARTS) is 1. The number of aliphatic carboxylic acids is 1. The fourth-order valence-electron chi connectivity index (χ4n) is 1.88. The maximum absolute atomic E-state index is 12.7. The van der Waals surface area contributed by atoms with Crippen molar-refractivity contribution in [2.75, 3.05) is 6.61 Å². The van der Waals surface area contributed by atoms with Crippen LogP contribution in [0.2, 0.25) is 10.0 Å². The minimum Gasteiger partial charge on any atom is -0.482 e. The number of halogens is 2. The quantitative estimate of drug-likeness (QED) is 0.195. The van der Waals surface area contributed by atoms with Crippen LogP contribution in [0, 0.1) is 5.92 Å². The Morgan fingerprint density at radius 2 is 1.92 bits per heavy atom. The Morgan fingerprint density at radius 3 is 2.35 bits per heavy atom. The molecule has 10 heteroatoms. The van der Waals surface area contributed by atoms with Gasteiger partial charge < -0.3 is 9.84 Å². The molecule has 1 unspecified atom stereocenters. The number of hydrazine groups is 1. The highest BCUT2D eigenvalue weighted by atomic mass is 35.5. The number of hydrogen-bond acceptors (Lipinski definition) is 5. The number of nitrogens with two attached hydrogens (primary N) is 1. The summed E-state index contributed by atoms with van der Waals surface area (Å²) in [7, 11) is -1.86. The molecule has 0 aromatic heterocycles. The van der Waals surface area contributed by atoms with Crippen molar-refractivity contribution in [1.82, 2.24) is 5.43 Å². The van der Waals surface area contributed by atoms with Crippen LogP contribution < -0.4 is 16.0 Å². The number of benzene rings is 1. The molecule has 0 radical (unpaired) electrons. The van der Waals surface area contributed by atoms with E-state index in [1.165, 1.54) is 18.2 Å². The van der Waals surface area contributed by atoms with Gasteiger partial charge in [0.05, 0.1) is 25.7 Å². The Labute approximate surface area is 163 Å². The largest absolute Gasteiger partial charge is 0.482 e. The summed E-state index contributed by atoms with van der Waals surface area (Å²) in [5, 5.41) is 8.65. The highest BCUT2D eigenvalue weighted by Crippen LogP contribution is 2.35. The zero-order valence-corrected chi connectivity index (χ0v) is 16.4. The van der Waals surface area contributed by atoms with Crippen LogP contribution in [-0.4, -0.2) is 27.8 Å². The highest BCUT2D eigenvalue weighted by Gasteiger charge is 2.20. The Kier molecular flexibility index (Phi) is 8.29. The third-order valence-electron chi connectivity index (χ3n) is 3.09. The van der Waals surface area contributed by atoms with Crippen LogP contribution in [-0.2, 0) is 20.4 Å². The maximum Gasteiger partial charge on any atom is 0.341 e. The van der Waals surface area contributed by atoms with Crippen molar-refractivity contribution < 1.29 is 23.6 Å². The van der Waals surface area contributed by atoms with Crippen LogP contribution in [0.25, 0.3) is 0 Å². The molecular formula is C16H18Cl2N2O5S. The normalized spacial score (nSPS) is 12.6.